The van der Waals surface area contributed by atoms with Crippen molar-refractivity contribution in [2.45, 2.75) is 0 Å². The average Bonchev–Trinajstić information content (AvgIpc) is 1.77. The molecule has 0 spiro atoms. The van der Waals surface area contributed by atoms with E-state index in [0.29, 0.717) is 0 Å². The summed E-state index contributed by atoms with van der Waals surface area (Å²) >= 11 is 0. The van der Waals surface area contributed by atoms with Crippen molar-refractivity contribution < 1.29 is 9.59 Å². The molecule has 1 heterocycles. The number of hydrogen-bond acceptors (Lipinski definition) is 2. The number of carbonyl (C=O) groups excluding carboxylic acids is 2. The van der Waals surface area contributed by atoms with Crippen molar-refractivity contribution in [1.29, 1.82) is 0 Å². The molecule has 1 rings (SSSR count). The van der Waals surface area contributed by atoms with E-state index in [4.69, 9.17) is 0 Å². The van der Waals surface area contributed by atoms with Gasteiger partial charge in [0.15, 0.2) is 0 Å². The predicted octanol–water partition coefficient (Wildman–Crippen LogP) is -2.53. The first-order valence-corrected chi connectivity index (χ1v) is 2.32. The molecule has 2 radical (unpaired) electrons. The van der Waals surface area contributed by atoms with Gasteiger partial charge in [-0.25, -0.2) is 0 Å². The molecular formula is C4H6N2Na2O2. The van der Waals surface area contributed by atoms with E-state index in [2.05, 4.69) is 10.6 Å². The van der Waals surface area contributed by atoms with E-state index in [-0.39, 0.29) is 84.0 Å². The minimum atomic E-state index is -0.121. The van der Waals surface area contributed by atoms with E-state index in [0.717, 1.165) is 0 Å². The summed E-state index contributed by atoms with van der Waals surface area (Å²) in [5, 5.41) is 4.76. The van der Waals surface area contributed by atoms with E-state index < -0.39 is 0 Å². The fourth-order valence-corrected chi connectivity index (χ4v) is 0.483. The number of piperazine rings is 1. The molecule has 0 unspecified atom stereocenters. The second-order valence-corrected chi connectivity index (χ2v) is 1.55. The Hall–Kier alpha value is 0.940. The number of carbonyl (C=O) groups is 2. The van der Waals surface area contributed by atoms with Crippen LogP contribution in [-0.2, 0) is 9.59 Å². The van der Waals surface area contributed by atoms with Gasteiger partial charge in [0.1, 0.15) is 0 Å². The summed E-state index contributed by atoms with van der Waals surface area (Å²) in [5.74, 6) is -0.241. The molecule has 10 heavy (non-hydrogen) atoms. The molecule has 0 aliphatic carbocycles. The van der Waals surface area contributed by atoms with Crippen LogP contribution in [0.15, 0.2) is 0 Å². The molecule has 2 N–H and O–H groups in total. The minimum Gasteiger partial charge on any atom is -0.346 e. The van der Waals surface area contributed by atoms with Crippen molar-refractivity contribution in [3.63, 3.8) is 0 Å². The third-order valence-corrected chi connectivity index (χ3v) is 0.892. The Morgan fingerprint density at radius 1 is 0.900 bits per heavy atom. The van der Waals surface area contributed by atoms with Crippen LogP contribution in [0.1, 0.15) is 0 Å². The monoisotopic (exact) mass is 160 g/mol. The van der Waals surface area contributed by atoms with Crippen LogP contribution in [0.4, 0.5) is 0 Å². The van der Waals surface area contributed by atoms with Crippen LogP contribution in [0.3, 0.4) is 0 Å². The molecule has 4 nitrogen and oxygen atoms in total. The normalized spacial score (nSPS) is 15.6. The Bertz CT molecular complexity index is 111. The summed E-state index contributed by atoms with van der Waals surface area (Å²) in [6.45, 7) is 0.248. The zero-order valence-electron chi connectivity index (χ0n) is 6.23. The number of rotatable bonds is 0. The molecule has 1 saturated heterocycles. The Labute approximate surface area is 103 Å². The van der Waals surface area contributed by atoms with Gasteiger partial charge in [0, 0.05) is 59.1 Å². The zero-order chi connectivity index (χ0) is 5.98. The fourth-order valence-electron chi connectivity index (χ4n) is 0.483. The molecule has 0 aromatic carbocycles. The second kappa shape index (κ2) is 6.64. The quantitative estimate of drug-likeness (QED) is 0.384. The first kappa shape index (κ1) is 13.5. The summed E-state index contributed by atoms with van der Waals surface area (Å²) in [6.07, 6.45) is 0. The molecule has 1 fully saturated rings. The van der Waals surface area contributed by atoms with E-state index in [1.807, 2.05) is 0 Å². The fraction of sp³-hybridized carbons (Fsp3) is 0.500. The van der Waals surface area contributed by atoms with Gasteiger partial charge in [0.25, 0.3) is 0 Å². The minimum absolute atomic E-state index is 0. The standard InChI is InChI=1S/C4H6N2O2.2Na/c7-3-1-5-4(8)2-6-3;;/h1-2H2,(H,5,8)(H,6,7);;. The summed E-state index contributed by atoms with van der Waals surface area (Å²) in [6, 6.07) is 0. The topological polar surface area (TPSA) is 58.2 Å². The summed E-state index contributed by atoms with van der Waals surface area (Å²) in [4.78, 5) is 20.6. The van der Waals surface area contributed by atoms with Gasteiger partial charge in [0.2, 0.25) is 11.8 Å². The predicted molar refractivity (Wildman–Crippen MR) is 37.5 cm³/mol. The van der Waals surface area contributed by atoms with Crippen molar-refractivity contribution >= 4 is 70.9 Å². The van der Waals surface area contributed by atoms with E-state index in [1.54, 1.807) is 0 Å². The van der Waals surface area contributed by atoms with Crippen LogP contribution >= 0.6 is 0 Å². The Morgan fingerprint density at radius 2 is 1.20 bits per heavy atom. The molecular weight excluding hydrogens is 154 g/mol. The van der Waals surface area contributed by atoms with Gasteiger partial charge in [-0.15, -0.1) is 0 Å². The van der Waals surface area contributed by atoms with Gasteiger partial charge in [-0.3, -0.25) is 9.59 Å². The maximum atomic E-state index is 10.3. The SMILES string of the molecule is O=C1CNC(=O)CN1.[Na].[Na]. The largest absolute Gasteiger partial charge is 0.346 e. The van der Waals surface area contributed by atoms with Crippen molar-refractivity contribution in [3.8, 4) is 0 Å². The summed E-state index contributed by atoms with van der Waals surface area (Å²) < 4.78 is 0. The third kappa shape index (κ3) is 4.71. The average molecular weight is 160 g/mol. The first-order chi connectivity index (χ1) is 3.79. The Balaban J connectivity index is 0. The van der Waals surface area contributed by atoms with Crippen molar-refractivity contribution in [2.24, 2.45) is 0 Å². The Morgan fingerprint density at radius 3 is 1.40 bits per heavy atom. The van der Waals surface area contributed by atoms with E-state index >= 15 is 0 Å². The molecule has 6 heteroatoms. The van der Waals surface area contributed by atoms with E-state index in [9.17, 15) is 9.59 Å². The molecule has 2 amide bonds. The van der Waals surface area contributed by atoms with Gasteiger partial charge in [-0.2, -0.15) is 0 Å². The van der Waals surface area contributed by atoms with Gasteiger partial charge in [-0.05, 0) is 0 Å². The molecule has 0 aromatic rings. The van der Waals surface area contributed by atoms with Crippen molar-refractivity contribution in [1.82, 2.24) is 10.6 Å². The molecule has 0 atom stereocenters. The van der Waals surface area contributed by atoms with Crippen LogP contribution in [0, 0.1) is 0 Å². The smallest absolute Gasteiger partial charge is 0.239 e. The molecule has 1 aliphatic rings. The number of amides is 2. The van der Waals surface area contributed by atoms with E-state index in [1.165, 1.54) is 0 Å². The van der Waals surface area contributed by atoms with Crippen LogP contribution < -0.4 is 10.6 Å². The van der Waals surface area contributed by atoms with Crippen molar-refractivity contribution in [2.75, 3.05) is 13.1 Å². The van der Waals surface area contributed by atoms with Gasteiger partial charge < -0.3 is 10.6 Å². The molecule has 0 aromatic heterocycles. The van der Waals surface area contributed by atoms with Gasteiger partial charge in [-0.1, -0.05) is 0 Å². The maximum absolute atomic E-state index is 10.3. The number of hydrogen-bond donors (Lipinski definition) is 2. The first-order valence-electron chi connectivity index (χ1n) is 2.32. The molecule has 0 bridgehead atoms. The summed E-state index contributed by atoms with van der Waals surface area (Å²) in [7, 11) is 0. The maximum Gasteiger partial charge on any atom is 0.239 e. The second-order valence-electron chi connectivity index (χ2n) is 1.55. The summed E-state index contributed by atoms with van der Waals surface area (Å²) in [5.41, 5.74) is 0. The van der Waals surface area contributed by atoms with Gasteiger partial charge in [0.05, 0.1) is 13.1 Å². The number of nitrogens with one attached hydrogen (secondary N) is 2. The Kier molecular flexibility index (Phi) is 8.98. The molecule has 46 valence electrons. The zero-order valence-corrected chi connectivity index (χ0v) is 10.2. The van der Waals surface area contributed by atoms with Crippen LogP contribution in [0.5, 0.6) is 0 Å². The molecule has 0 saturated carbocycles. The van der Waals surface area contributed by atoms with Gasteiger partial charge >= 0.3 is 0 Å². The van der Waals surface area contributed by atoms with Crippen LogP contribution in [0.25, 0.3) is 0 Å². The van der Waals surface area contributed by atoms with Crippen LogP contribution in [-0.4, -0.2) is 84.0 Å². The third-order valence-electron chi connectivity index (χ3n) is 0.892. The van der Waals surface area contributed by atoms with Crippen LogP contribution in [0.2, 0.25) is 0 Å². The van der Waals surface area contributed by atoms with Crippen molar-refractivity contribution in [3.05, 3.63) is 0 Å². The molecule has 1 aliphatic heterocycles.